The minimum Gasteiger partial charge on any atom is -0.170 e. The van der Waals surface area contributed by atoms with E-state index in [9.17, 15) is 0 Å². The van der Waals surface area contributed by atoms with Crippen molar-refractivity contribution in [1.29, 1.82) is 0 Å². The molecule has 4 aliphatic rings. The number of hydrogen-bond donors (Lipinski definition) is 0. The average Bonchev–Trinajstić information content (AvgIpc) is 2.63. The third-order valence-corrected chi connectivity index (χ3v) is 341. The van der Waals surface area contributed by atoms with Gasteiger partial charge in [0.1, 0.15) is 0 Å². The normalized spacial score (nSPS) is 35.7. The highest BCUT2D eigenvalue weighted by Gasteiger charge is 2.87. The van der Waals surface area contributed by atoms with Crippen LogP contribution < -0.4 is 0 Å². The predicted molar refractivity (Wildman–Crippen MR) is 232 cm³/mol. The molecule has 0 unspecified atom stereocenters. The fraction of sp³-hybridized carbons (Fsp3) is 1.00. The largest absolute Gasteiger partial charge is 0.208 e. The summed E-state index contributed by atoms with van der Waals surface area (Å²) in [5.41, 5.74) is 0. The van der Waals surface area contributed by atoms with Crippen molar-refractivity contribution in [3.05, 3.63) is 0 Å². The van der Waals surface area contributed by atoms with Gasteiger partial charge in [-0.25, -0.2) is 0 Å². The molecule has 4 saturated heterocycles. The summed E-state index contributed by atoms with van der Waals surface area (Å²) < 4.78 is 0. The van der Waals surface area contributed by atoms with Crippen LogP contribution in [0, 0.1) is 0 Å². The van der Waals surface area contributed by atoms with Crippen LogP contribution in [0.4, 0.5) is 0 Å². The van der Waals surface area contributed by atoms with E-state index in [0.717, 1.165) is 0 Å². The third kappa shape index (κ3) is 5.05. The Morgan fingerprint density at radius 3 is 0.421 bits per heavy atom. The van der Waals surface area contributed by atoms with Crippen molar-refractivity contribution >= 4 is 143 Å². The molecule has 4 aliphatic heterocycles. The van der Waals surface area contributed by atoms with Crippen molar-refractivity contribution < 1.29 is 0 Å². The smallest absolute Gasteiger partial charge is 0.170 e. The molecule has 0 amide bonds. The van der Waals surface area contributed by atoms with Gasteiger partial charge in [0.2, 0.25) is 20.2 Å². The molecule has 0 aromatic carbocycles. The zero-order valence-corrected chi connectivity index (χ0v) is 45.3. The van der Waals surface area contributed by atoms with E-state index in [1.165, 1.54) is 0 Å². The van der Waals surface area contributed by atoms with Crippen LogP contribution >= 0.6 is 64.0 Å². The van der Waals surface area contributed by atoms with Crippen LogP contribution in [0.1, 0.15) is 0 Å². The zero-order chi connectivity index (χ0) is 30.2. The van der Waals surface area contributed by atoms with Gasteiger partial charge in [0.25, 0.3) is 0 Å². The van der Waals surface area contributed by atoms with E-state index in [2.05, 4.69) is 195 Å². The van der Waals surface area contributed by atoms with Crippen LogP contribution in [0.3, 0.4) is 0 Å². The fourth-order valence-electron chi connectivity index (χ4n) is 4.68. The monoisotopic (exact) mass is 828 g/mol. The lowest BCUT2D eigenvalue weighted by Crippen LogP contribution is -2.89. The van der Waals surface area contributed by atoms with E-state index in [4.69, 9.17) is 0 Å². The summed E-state index contributed by atoms with van der Waals surface area (Å²) in [7, 11) is 7.47. The van der Waals surface area contributed by atoms with Gasteiger partial charge < -0.3 is 0 Å². The molecule has 0 saturated carbocycles. The van der Waals surface area contributed by atoms with Gasteiger partial charge in [0.15, 0.2) is 0 Å². The van der Waals surface area contributed by atoms with Crippen LogP contribution in [0.5, 0.6) is 0 Å². The van der Waals surface area contributed by atoms with Gasteiger partial charge >= 0.3 is 0 Å². The molecule has 0 N–H and O–H groups in total. The maximum atomic E-state index is 3.01. The maximum absolute atomic E-state index is 3.01. The van der Waals surface area contributed by atoms with E-state index in [1.807, 2.05) is 0 Å². The first kappa shape index (κ1) is 37.2. The van der Waals surface area contributed by atoms with Gasteiger partial charge in [-0.15, -0.1) is 0 Å². The summed E-state index contributed by atoms with van der Waals surface area (Å²) in [5.74, 6) is 0. The fourth-order valence-corrected chi connectivity index (χ4v) is 641. The molecule has 0 aromatic heterocycles. The lowest BCUT2D eigenvalue weighted by molar-refractivity contribution is 1.78. The predicted octanol–water partition coefficient (Wildman–Crippen LogP) is 11.0. The van der Waals surface area contributed by atoms with Gasteiger partial charge in [-0.3, -0.25) is 0 Å². The Labute approximate surface area is 270 Å². The van der Waals surface area contributed by atoms with Crippen LogP contribution in [0.15, 0.2) is 0 Å². The summed E-state index contributed by atoms with van der Waals surface area (Å²) in [6.45, 7) is 58.1. The summed E-state index contributed by atoms with van der Waals surface area (Å²) >= 11 is 0. The molecule has 4 heterocycles. The number of rotatable bonds is 8. The summed E-state index contributed by atoms with van der Waals surface area (Å²) in [6.07, 6.45) is 0. The highest BCUT2D eigenvalue weighted by molar-refractivity contribution is 9.41. The second-order valence-electron chi connectivity index (χ2n) is 18.3. The molecule has 0 spiro atoms. The summed E-state index contributed by atoms with van der Waals surface area (Å²) in [5, 5.41) is -6.19. The van der Waals surface area contributed by atoms with E-state index in [-0.39, 0.29) is 0 Å². The first-order valence-electron chi connectivity index (χ1n) is 14.4. The Morgan fingerprint density at radius 2 is 0.342 bits per heavy atom. The molecule has 0 nitrogen and oxygen atoms in total. The Bertz CT molecular complexity index is 783. The molecular weight excluding hydrogens is 770 g/mol. The van der Waals surface area contributed by atoms with Crippen molar-refractivity contribution in [3.8, 4) is 0 Å². The minimum atomic E-state index is -1.55. The Hall–Kier alpha value is 4.70. The third-order valence-electron chi connectivity index (χ3n) is 12.2. The van der Waals surface area contributed by atoms with Crippen LogP contribution in [-0.2, 0) is 0 Å². The SMILES string of the molecule is C[Si](C)(C)[Si](C)(C)[Si]12S[Si]3([Si](C)(C)[Si](C)(C)C)S[Si]([Si](C)(C)[Si](C)(C)C)(S1)S[Si]([Si](C)(C)[Si](C)(C)C)(S2)S3. The molecule has 0 aliphatic carbocycles. The minimum absolute atomic E-state index is 1.23. The van der Waals surface area contributed by atoms with Gasteiger partial charge in [-0.1, -0.05) is 131 Å². The molecular formula is C20H60S6Si12. The topological polar surface area (TPSA) is 0 Å². The van der Waals surface area contributed by atoms with E-state index in [0.29, 0.717) is 0 Å². The highest BCUT2D eigenvalue weighted by atomic mass is 33.3. The van der Waals surface area contributed by atoms with Crippen molar-refractivity contribution in [2.24, 2.45) is 0 Å². The Kier molecular flexibility index (Phi) is 9.88. The Balaban J connectivity index is 2.55. The Morgan fingerprint density at radius 1 is 0.237 bits per heavy atom. The van der Waals surface area contributed by atoms with Crippen molar-refractivity contribution in [3.63, 3.8) is 0 Å². The van der Waals surface area contributed by atoms with Crippen LogP contribution in [0.2, 0.25) is 131 Å². The molecule has 0 atom stereocenters. The lowest BCUT2D eigenvalue weighted by Gasteiger charge is -2.76. The second kappa shape index (κ2) is 10.1. The molecule has 4 bridgehead atoms. The molecule has 224 valence electrons. The zero-order valence-electron chi connectivity index (χ0n) is 28.4. The van der Waals surface area contributed by atoms with Gasteiger partial charge in [-0.2, -0.15) is 64.0 Å². The average molecular weight is 830 g/mol. The first-order chi connectivity index (χ1) is 16.2. The standard InChI is InChI=1S/C20H60S6Si12/c1-27(2,3)31(13,14)35-21-36(32(15,16)28(4,5)6)24-37(22-35,33(17,18)29(7,8)9)26-38(23-35,25-36)34(19,20)30(10,11)12/h1-20H3. The van der Waals surface area contributed by atoms with E-state index >= 15 is 0 Å². The second-order valence-corrected chi connectivity index (χ2v) is 177. The lowest BCUT2D eigenvalue weighted by atomic mass is 11.8. The molecule has 0 radical (unpaired) electrons. The van der Waals surface area contributed by atoms with Crippen molar-refractivity contribution in [1.82, 2.24) is 0 Å². The van der Waals surface area contributed by atoms with Crippen LogP contribution in [0.25, 0.3) is 0 Å². The molecule has 38 heavy (non-hydrogen) atoms. The van der Waals surface area contributed by atoms with E-state index in [1.54, 1.807) is 0 Å². The highest BCUT2D eigenvalue weighted by Crippen LogP contribution is 2.87. The quantitative estimate of drug-likeness (QED) is 0.222. The maximum Gasteiger partial charge on any atom is 0.208 e. The van der Waals surface area contributed by atoms with Crippen molar-refractivity contribution in [2.45, 2.75) is 131 Å². The molecule has 4 rings (SSSR count). The van der Waals surface area contributed by atoms with Crippen molar-refractivity contribution in [2.75, 3.05) is 0 Å². The summed E-state index contributed by atoms with van der Waals surface area (Å²) in [4.78, 5) is 0. The number of hydrogen-bond acceptors (Lipinski definition) is 6. The van der Waals surface area contributed by atoms with Gasteiger partial charge in [0.05, 0.1) is 28.4 Å². The van der Waals surface area contributed by atoms with E-state index < -0.39 is 79.0 Å². The van der Waals surface area contributed by atoms with Gasteiger partial charge in [-0.05, 0) is 0 Å². The molecule has 4 fully saturated rings. The van der Waals surface area contributed by atoms with Gasteiger partial charge in [0, 0.05) is 30.4 Å². The van der Waals surface area contributed by atoms with Crippen LogP contribution in [-0.4, -0.2) is 79.0 Å². The molecule has 18 heteroatoms. The molecule has 0 aromatic rings. The summed E-state index contributed by atoms with van der Waals surface area (Å²) in [6, 6.07) is 0. The first-order valence-corrected chi connectivity index (χ1v) is 70.0.